The number of rotatable bonds is 5. The Kier molecular flexibility index (Phi) is 5.25. The van der Waals surface area contributed by atoms with E-state index < -0.39 is 0 Å². The Bertz CT molecular complexity index is 321. The second-order valence-corrected chi connectivity index (χ2v) is 4.74. The first-order chi connectivity index (χ1) is 7.17. The number of hydrogen-bond donors (Lipinski definition) is 1. The van der Waals surface area contributed by atoms with Crippen LogP contribution < -0.4 is 5.32 Å². The average molecular weight is 317 g/mol. The van der Waals surface area contributed by atoms with Crippen molar-refractivity contribution in [2.24, 2.45) is 0 Å². The zero-order chi connectivity index (χ0) is 11.3. The van der Waals surface area contributed by atoms with Crippen LogP contribution in [0, 0.1) is 3.57 Å². The van der Waals surface area contributed by atoms with Crippen molar-refractivity contribution < 1.29 is 4.79 Å². The molecule has 0 amide bonds. The Morgan fingerprint density at radius 2 is 2.00 bits per heavy atom. The fourth-order valence-electron chi connectivity index (χ4n) is 1.48. The normalized spacial score (nSPS) is 12.5. The van der Waals surface area contributed by atoms with Crippen LogP contribution in [0.1, 0.15) is 18.9 Å². The van der Waals surface area contributed by atoms with E-state index in [0.29, 0.717) is 6.42 Å². The standard InChI is InChI=1S/C12H16INO/c1-3-12(15)11(14-2)8-9-4-6-10(13)7-5-9/h4-7,11,14H,3,8H2,1-2H3/t11-/m0/s1. The molecule has 0 aliphatic heterocycles. The van der Waals surface area contributed by atoms with Gasteiger partial charge in [-0.25, -0.2) is 0 Å². The molecule has 0 bridgehead atoms. The Labute approximate surface area is 105 Å². The van der Waals surface area contributed by atoms with Crippen molar-refractivity contribution in [3.8, 4) is 0 Å². The van der Waals surface area contributed by atoms with Crippen molar-refractivity contribution in [1.29, 1.82) is 0 Å². The quantitative estimate of drug-likeness (QED) is 0.845. The molecule has 0 heterocycles. The summed E-state index contributed by atoms with van der Waals surface area (Å²) >= 11 is 2.28. The largest absolute Gasteiger partial charge is 0.310 e. The van der Waals surface area contributed by atoms with E-state index in [0.717, 1.165) is 6.42 Å². The van der Waals surface area contributed by atoms with Gasteiger partial charge in [-0.15, -0.1) is 0 Å². The Morgan fingerprint density at radius 1 is 1.40 bits per heavy atom. The second kappa shape index (κ2) is 6.23. The van der Waals surface area contributed by atoms with Crippen molar-refractivity contribution in [2.45, 2.75) is 25.8 Å². The van der Waals surface area contributed by atoms with Gasteiger partial charge < -0.3 is 5.32 Å². The number of nitrogens with one attached hydrogen (secondary N) is 1. The zero-order valence-electron chi connectivity index (χ0n) is 9.09. The molecule has 0 fully saturated rings. The molecule has 1 aromatic rings. The van der Waals surface area contributed by atoms with Crippen LogP contribution in [0.3, 0.4) is 0 Å². The first-order valence-electron chi connectivity index (χ1n) is 5.11. The molecule has 0 radical (unpaired) electrons. The number of ketones is 1. The summed E-state index contributed by atoms with van der Waals surface area (Å²) in [7, 11) is 1.84. The SMILES string of the molecule is CCC(=O)[C@H](Cc1ccc(I)cc1)NC. The van der Waals surface area contributed by atoms with Crippen molar-refractivity contribution in [3.05, 3.63) is 33.4 Å². The van der Waals surface area contributed by atoms with E-state index >= 15 is 0 Å². The van der Waals surface area contributed by atoms with Crippen LogP contribution in [0.25, 0.3) is 0 Å². The minimum absolute atomic E-state index is 0.0462. The minimum Gasteiger partial charge on any atom is -0.310 e. The first-order valence-corrected chi connectivity index (χ1v) is 6.19. The van der Waals surface area contributed by atoms with Crippen molar-refractivity contribution in [2.75, 3.05) is 7.05 Å². The third-order valence-electron chi connectivity index (χ3n) is 2.44. The van der Waals surface area contributed by atoms with Gasteiger partial charge in [0.15, 0.2) is 0 Å². The molecule has 0 unspecified atom stereocenters. The number of halogens is 1. The van der Waals surface area contributed by atoms with Gasteiger partial charge in [0.2, 0.25) is 0 Å². The van der Waals surface area contributed by atoms with Gasteiger partial charge in [0, 0.05) is 9.99 Å². The van der Waals surface area contributed by atoms with Crippen LogP contribution in [0.4, 0.5) is 0 Å². The highest BCUT2D eigenvalue weighted by atomic mass is 127. The van der Waals surface area contributed by atoms with Gasteiger partial charge in [0.05, 0.1) is 6.04 Å². The molecule has 1 aromatic carbocycles. The van der Waals surface area contributed by atoms with Crippen LogP contribution in [-0.2, 0) is 11.2 Å². The smallest absolute Gasteiger partial charge is 0.149 e. The van der Waals surface area contributed by atoms with Gasteiger partial charge in [-0.3, -0.25) is 4.79 Å². The molecule has 1 N–H and O–H groups in total. The molecule has 0 aliphatic rings. The van der Waals surface area contributed by atoms with E-state index in [2.05, 4.69) is 52.2 Å². The molecule has 82 valence electrons. The van der Waals surface area contributed by atoms with Gasteiger partial charge in [-0.2, -0.15) is 0 Å². The van der Waals surface area contributed by atoms with E-state index in [1.807, 2.05) is 14.0 Å². The van der Waals surface area contributed by atoms with Crippen LogP contribution in [0.2, 0.25) is 0 Å². The summed E-state index contributed by atoms with van der Waals surface area (Å²) in [4.78, 5) is 11.6. The molecule has 0 spiro atoms. The molecule has 1 rings (SSSR count). The molecule has 0 saturated carbocycles. The highest BCUT2D eigenvalue weighted by Crippen LogP contribution is 2.09. The van der Waals surface area contributed by atoms with Gasteiger partial charge >= 0.3 is 0 Å². The lowest BCUT2D eigenvalue weighted by Gasteiger charge is -2.13. The molecule has 0 aromatic heterocycles. The van der Waals surface area contributed by atoms with Crippen LogP contribution in [0.5, 0.6) is 0 Å². The fraction of sp³-hybridized carbons (Fsp3) is 0.417. The lowest BCUT2D eigenvalue weighted by atomic mass is 10.0. The van der Waals surface area contributed by atoms with Gasteiger partial charge in [-0.05, 0) is 53.8 Å². The summed E-state index contributed by atoms with van der Waals surface area (Å²) in [5.74, 6) is 0.274. The number of Topliss-reactive ketones (excluding diaryl/α,β-unsaturated/α-hetero) is 1. The highest BCUT2D eigenvalue weighted by Gasteiger charge is 2.14. The number of hydrogen-bond acceptors (Lipinski definition) is 2. The first kappa shape index (κ1) is 12.6. The third kappa shape index (κ3) is 3.91. The van der Waals surface area contributed by atoms with E-state index in [1.165, 1.54) is 9.13 Å². The predicted molar refractivity (Wildman–Crippen MR) is 71.0 cm³/mol. The number of carbonyl (C=O) groups excluding carboxylic acids is 1. The van der Waals surface area contributed by atoms with Gasteiger partial charge in [0.25, 0.3) is 0 Å². The van der Waals surface area contributed by atoms with Crippen molar-refractivity contribution in [3.63, 3.8) is 0 Å². The Balaban J connectivity index is 2.66. The van der Waals surface area contributed by atoms with E-state index in [4.69, 9.17) is 0 Å². The summed E-state index contributed by atoms with van der Waals surface area (Å²) in [5.41, 5.74) is 1.21. The topological polar surface area (TPSA) is 29.1 Å². The molecular weight excluding hydrogens is 301 g/mol. The predicted octanol–water partition coefficient (Wildman–Crippen LogP) is 2.40. The average Bonchev–Trinajstić information content (AvgIpc) is 2.27. The summed E-state index contributed by atoms with van der Waals surface area (Å²) in [5, 5.41) is 3.06. The Morgan fingerprint density at radius 3 is 2.47 bits per heavy atom. The maximum Gasteiger partial charge on any atom is 0.149 e. The minimum atomic E-state index is -0.0462. The number of benzene rings is 1. The summed E-state index contributed by atoms with van der Waals surface area (Å²) in [6.45, 7) is 1.90. The Hall–Kier alpha value is -0.420. The van der Waals surface area contributed by atoms with E-state index in [-0.39, 0.29) is 11.8 Å². The molecule has 0 saturated heterocycles. The number of carbonyl (C=O) groups is 1. The molecule has 3 heteroatoms. The van der Waals surface area contributed by atoms with Crippen LogP contribution in [0.15, 0.2) is 24.3 Å². The lowest BCUT2D eigenvalue weighted by molar-refractivity contribution is -0.120. The highest BCUT2D eigenvalue weighted by molar-refractivity contribution is 14.1. The van der Waals surface area contributed by atoms with Gasteiger partial charge in [-0.1, -0.05) is 19.1 Å². The fourth-order valence-corrected chi connectivity index (χ4v) is 1.84. The summed E-state index contributed by atoms with van der Waals surface area (Å²) < 4.78 is 1.22. The molecule has 2 nitrogen and oxygen atoms in total. The van der Waals surface area contributed by atoms with Crippen molar-refractivity contribution >= 4 is 28.4 Å². The van der Waals surface area contributed by atoms with Crippen molar-refractivity contribution in [1.82, 2.24) is 5.32 Å². The van der Waals surface area contributed by atoms with E-state index in [1.54, 1.807) is 0 Å². The molecule has 0 aliphatic carbocycles. The summed E-state index contributed by atoms with van der Waals surface area (Å²) in [6.07, 6.45) is 1.37. The monoisotopic (exact) mass is 317 g/mol. The van der Waals surface area contributed by atoms with Gasteiger partial charge in [0.1, 0.15) is 5.78 Å². The third-order valence-corrected chi connectivity index (χ3v) is 3.16. The van der Waals surface area contributed by atoms with E-state index in [9.17, 15) is 4.79 Å². The number of likely N-dealkylation sites (N-methyl/N-ethyl adjacent to an activating group) is 1. The maximum atomic E-state index is 11.6. The molecular formula is C12H16INO. The lowest BCUT2D eigenvalue weighted by Crippen LogP contribution is -2.35. The van der Waals surface area contributed by atoms with Crippen LogP contribution >= 0.6 is 22.6 Å². The maximum absolute atomic E-state index is 11.6. The zero-order valence-corrected chi connectivity index (χ0v) is 11.2. The molecule has 15 heavy (non-hydrogen) atoms. The summed E-state index contributed by atoms with van der Waals surface area (Å²) in [6, 6.07) is 8.25. The second-order valence-electron chi connectivity index (χ2n) is 3.49. The van der Waals surface area contributed by atoms with Crippen LogP contribution in [-0.4, -0.2) is 18.9 Å². The molecule has 1 atom stereocenters.